The number of aromatic nitrogens is 5. The van der Waals surface area contributed by atoms with Gasteiger partial charge in [0.05, 0.1) is 17.0 Å². The topological polar surface area (TPSA) is 105 Å². The van der Waals surface area contributed by atoms with Crippen LogP contribution in [0.25, 0.3) is 16.8 Å². The Labute approximate surface area is 164 Å². The van der Waals surface area contributed by atoms with Crippen LogP contribution in [-0.2, 0) is 10.0 Å². The lowest BCUT2D eigenvalue weighted by molar-refractivity contribution is 0.545. The number of nitrogens with one attached hydrogen (secondary N) is 2. The van der Waals surface area contributed by atoms with Crippen molar-refractivity contribution in [3.8, 4) is 0 Å². The Morgan fingerprint density at radius 2 is 2.12 bits per heavy atom. The van der Waals surface area contributed by atoms with Gasteiger partial charge in [0.2, 0.25) is 10.0 Å². The molecule has 5 rings (SSSR count). The van der Waals surface area contributed by atoms with Gasteiger partial charge in [0.25, 0.3) is 0 Å². The molecule has 0 saturated heterocycles. The van der Waals surface area contributed by atoms with Crippen molar-refractivity contribution in [2.45, 2.75) is 53.7 Å². The Bertz CT molecular complexity index is 1100. The molecule has 2 N–H and O–H groups in total. The molecule has 2 fully saturated rings. The molecule has 0 aromatic carbocycles. The van der Waals surface area contributed by atoms with E-state index in [0.717, 1.165) is 54.0 Å². The van der Waals surface area contributed by atoms with Crippen LogP contribution in [-0.4, -0.2) is 48.2 Å². The fourth-order valence-electron chi connectivity index (χ4n) is 3.89. The summed E-state index contributed by atoms with van der Waals surface area (Å²) in [4.78, 5) is 7.65. The Hall–Kier alpha value is -1.27. The molecule has 3 aromatic rings. The van der Waals surface area contributed by atoms with Crippen molar-refractivity contribution in [2.75, 3.05) is 0 Å². The van der Waals surface area contributed by atoms with E-state index in [1.54, 1.807) is 6.20 Å². The van der Waals surface area contributed by atoms with Crippen molar-refractivity contribution in [3.05, 3.63) is 23.8 Å². The molecule has 10 heteroatoms. The second kappa shape index (κ2) is 5.86. The van der Waals surface area contributed by atoms with Gasteiger partial charge in [-0.25, -0.2) is 18.1 Å². The molecule has 26 heavy (non-hydrogen) atoms. The predicted molar refractivity (Wildman–Crippen MR) is 106 cm³/mol. The van der Waals surface area contributed by atoms with Gasteiger partial charge in [-0.2, -0.15) is 0 Å². The largest absolute Gasteiger partial charge is 0.342 e. The molecule has 3 atom stereocenters. The molecule has 2 saturated carbocycles. The van der Waals surface area contributed by atoms with Gasteiger partial charge in [-0.1, -0.05) is 22.6 Å². The van der Waals surface area contributed by atoms with E-state index in [4.69, 9.17) is 0 Å². The summed E-state index contributed by atoms with van der Waals surface area (Å²) in [7, 11) is -3.17. The lowest BCUT2D eigenvalue weighted by atomic mass is 10.1. The van der Waals surface area contributed by atoms with E-state index < -0.39 is 10.0 Å². The summed E-state index contributed by atoms with van der Waals surface area (Å²) in [6.07, 6.45) is 4.84. The van der Waals surface area contributed by atoms with Crippen LogP contribution in [0.1, 0.15) is 43.1 Å². The van der Waals surface area contributed by atoms with E-state index in [1.165, 1.54) is 0 Å². The number of H-pyrrole nitrogens is 1. The average molecular weight is 486 g/mol. The number of aryl methyl sites for hydroxylation is 1. The fourth-order valence-corrected chi connectivity index (χ4v) is 6.72. The van der Waals surface area contributed by atoms with Gasteiger partial charge in [-0.3, -0.25) is 4.40 Å². The van der Waals surface area contributed by atoms with Crippen LogP contribution in [0.3, 0.4) is 0 Å². The number of sulfonamides is 1. The minimum Gasteiger partial charge on any atom is -0.342 e. The maximum atomic E-state index is 12.3. The third kappa shape index (κ3) is 2.73. The van der Waals surface area contributed by atoms with Crippen molar-refractivity contribution in [2.24, 2.45) is 0 Å². The zero-order valence-electron chi connectivity index (χ0n) is 14.2. The standard InChI is InChI=1S/C16H19IN6O2S/c1-8-4-13-15(19-8)18-7-14-20-21-16(23(13)14)11-5-9(6-12(11)17)22-26(24,25)10-2-3-10/h4,7,9-12,19,22H,2-3,5-6H2,1H3/t9-,11+,12-/m1/s1. The van der Waals surface area contributed by atoms with Crippen LogP contribution in [0.2, 0.25) is 0 Å². The molecule has 0 aliphatic heterocycles. The van der Waals surface area contributed by atoms with Crippen LogP contribution in [0.15, 0.2) is 12.3 Å². The molecule has 0 amide bonds. The van der Waals surface area contributed by atoms with E-state index in [2.05, 4.69) is 51.9 Å². The number of fused-ring (bicyclic) bond motifs is 3. The summed E-state index contributed by atoms with van der Waals surface area (Å²) >= 11 is 2.42. The first kappa shape index (κ1) is 16.9. The second-order valence-electron chi connectivity index (χ2n) is 7.35. The monoisotopic (exact) mass is 486 g/mol. The summed E-state index contributed by atoms with van der Waals surface area (Å²) in [6.45, 7) is 2.00. The molecule has 2 aliphatic rings. The lowest BCUT2D eigenvalue weighted by Gasteiger charge is -2.13. The fraction of sp³-hybridized carbons (Fsp3) is 0.562. The molecule has 2 aliphatic carbocycles. The van der Waals surface area contributed by atoms with Crippen LogP contribution in [0, 0.1) is 6.92 Å². The number of hydrogen-bond acceptors (Lipinski definition) is 5. The highest BCUT2D eigenvalue weighted by Gasteiger charge is 2.42. The Kier molecular flexibility index (Phi) is 3.80. The van der Waals surface area contributed by atoms with Gasteiger partial charge in [-0.15, -0.1) is 10.2 Å². The van der Waals surface area contributed by atoms with Crippen LogP contribution in [0.4, 0.5) is 0 Å². The maximum absolute atomic E-state index is 12.3. The smallest absolute Gasteiger partial charge is 0.214 e. The molecule has 3 aromatic heterocycles. The number of hydrogen-bond donors (Lipinski definition) is 2. The zero-order chi connectivity index (χ0) is 18.1. The van der Waals surface area contributed by atoms with E-state index in [1.807, 2.05) is 13.0 Å². The summed E-state index contributed by atoms with van der Waals surface area (Å²) < 4.78 is 29.8. The minimum absolute atomic E-state index is 0.0369. The summed E-state index contributed by atoms with van der Waals surface area (Å²) in [5.74, 6) is 1.04. The van der Waals surface area contributed by atoms with Crippen molar-refractivity contribution in [3.63, 3.8) is 0 Å². The molecular weight excluding hydrogens is 467 g/mol. The van der Waals surface area contributed by atoms with Crippen LogP contribution >= 0.6 is 22.6 Å². The Morgan fingerprint density at radius 1 is 1.31 bits per heavy atom. The van der Waals surface area contributed by atoms with Gasteiger partial charge in [0.15, 0.2) is 11.3 Å². The van der Waals surface area contributed by atoms with Gasteiger partial charge in [0.1, 0.15) is 5.82 Å². The molecule has 3 heterocycles. The van der Waals surface area contributed by atoms with Crippen LogP contribution < -0.4 is 4.72 Å². The number of aromatic amines is 1. The Morgan fingerprint density at radius 3 is 2.88 bits per heavy atom. The normalized spacial score (nSPS) is 26.9. The van der Waals surface area contributed by atoms with E-state index in [0.29, 0.717) is 3.92 Å². The first-order valence-corrected chi connectivity index (χ1v) is 11.6. The molecule has 8 nitrogen and oxygen atoms in total. The third-order valence-corrected chi connectivity index (χ3v) is 8.67. The van der Waals surface area contributed by atoms with Gasteiger partial charge in [0, 0.05) is 21.6 Å². The number of alkyl halides is 1. The molecule has 0 radical (unpaired) electrons. The predicted octanol–water partition coefficient (Wildman–Crippen LogP) is 2.05. The number of nitrogens with zero attached hydrogens (tertiary/aromatic N) is 4. The quantitative estimate of drug-likeness (QED) is 0.434. The maximum Gasteiger partial charge on any atom is 0.214 e. The summed E-state index contributed by atoms with van der Waals surface area (Å²) in [5, 5.41) is 8.55. The highest BCUT2D eigenvalue weighted by atomic mass is 127. The number of halogens is 1. The molecular formula is C16H19IN6O2S. The van der Waals surface area contributed by atoms with Crippen molar-refractivity contribution in [1.29, 1.82) is 0 Å². The van der Waals surface area contributed by atoms with Crippen molar-refractivity contribution in [1.82, 2.24) is 29.3 Å². The summed E-state index contributed by atoms with van der Waals surface area (Å²) in [5.41, 5.74) is 3.53. The van der Waals surface area contributed by atoms with Crippen LogP contribution in [0.5, 0.6) is 0 Å². The highest BCUT2D eigenvalue weighted by molar-refractivity contribution is 14.1. The highest BCUT2D eigenvalue weighted by Crippen LogP contribution is 2.40. The SMILES string of the molecule is Cc1cc2c(ncc3nnc([C@H]4C[C@@H](NS(=O)(=O)C5CC5)C[C@H]4I)n32)[nH]1. The van der Waals surface area contributed by atoms with E-state index in [9.17, 15) is 8.42 Å². The Balaban J connectivity index is 1.50. The first-order valence-electron chi connectivity index (χ1n) is 8.77. The van der Waals surface area contributed by atoms with E-state index >= 15 is 0 Å². The molecule has 0 unspecified atom stereocenters. The second-order valence-corrected chi connectivity index (χ2v) is 10.9. The van der Waals surface area contributed by atoms with Crippen molar-refractivity contribution >= 4 is 49.4 Å². The zero-order valence-corrected chi connectivity index (χ0v) is 17.2. The first-order chi connectivity index (χ1) is 12.4. The third-order valence-electron chi connectivity index (χ3n) is 5.29. The van der Waals surface area contributed by atoms with Gasteiger partial charge >= 0.3 is 0 Å². The summed E-state index contributed by atoms with van der Waals surface area (Å²) in [6, 6.07) is 2.01. The lowest BCUT2D eigenvalue weighted by Crippen LogP contribution is -2.35. The molecule has 0 spiro atoms. The molecule has 138 valence electrons. The number of rotatable bonds is 4. The van der Waals surface area contributed by atoms with Gasteiger partial charge < -0.3 is 4.98 Å². The minimum atomic E-state index is -3.17. The van der Waals surface area contributed by atoms with Gasteiger partial charge in [-0.05, 0) is 38.7 Å². The average Bonchev–Trinajstić information content (AvgIpc) is 3.12. The van der Waals surface area contributed by atoms with E-state index in [-0.39, 0.29) is 17.2 Å². The molecule has 0 bridgehead atoms. The van der Waals surface area contributed by atoms with Crippen molar-refractivity contribution < 1.29 is 8.42 Å².